The van der Waals surface area contributed by atoms with Crippen molar-refractivity contribution in [3.63, 3.8) is 0 Å². The Hall–Kier alpha value is -0.430. The third-order valence-electron chi connectivity index (χ3n) is 2.20. The number of nitrogens with one attached hydrogen (secondary N) is 1. The first-order chi connectivity index (χ1) is 8.04. The number of rotatable bonds is 6. The second-order valence-corrected chi connectivity index (χ2v) is 6.09. The molecule has 0 radical (unpaired) electrons. The van der Waals surface area contributed by atoms with Gasteiger partial charge >= 0.3 is 0 Å². The number of carbonyl (C=O) groups is 1. The van der Waals surface area contributed by atoms with Crippen molar-refractivity contribution in [3.05, 3.63) is 20.3 Å². The molecule has 0 fully saturated rings. The number of thiophene rings is 1. The second-order valence-electron chi connectivity index (χ2n) is 3.72. The molecule has 2 N–H and O–H groups in total. The van der Waals surface area contributed by atoms with E-state index < -0.39 is 6.10 Å². The number of hydrogen-bond donors (Lipinski definition) is 2. The van der Waals surface area contributed by atoms with Gasteiger partial charge in [-0.15, -0.1) is 11.3 Å². The molecular formula is C11H16BrNO3S. The van der Waals surface area contributed by atoms with E-state index in [1.165, 1.54) is 18.4 Å². The molecule has 4 nitrogen and oxygen atoms in total. The molecule has 0 aromatic carbocycles. The summed E-state index contributed by atoms with van der Waals surface area (Å²) in [6.07, 6.45) is -0.0393. The van der Waals surface area contributed by atoms with Crippen LogP contribution in [0.4, 0.5) is 0 Å². The van der Waals surface area contributed by atoms with Crippen LogP contribution in [0.1, 0.15) is 21.7 Å². The maximum Gasteiger partial charge on any atom is 0.261 e. The molecule has 96 valence electrons. The first-order valence-electron chi connectivity index (χ1n) is 5.25. The highest BCUT2D eigenvalue weighted by Crippen LogP contribution is 2.27. The summed E-state index contributed by atoms with van der Waals surface area (Å²) in [6.45, 7) is 2.68. The van der Waals surface area contributed by atoms with Crippen molar-refractivity contribution in [1.29, 1.82) is 0 Å². The summed E-state index contributed by atoms with van der Waals surface area (Å²) in [5.41, 5.74) is 1.06. The highest BCUT2D eigenvalue weighted by atomic mass is 79.9. The molecule has 1 unspecified atom stereocenters. The van der Waals surface area contributed by atoms with E-state index in [1.54, 1.807) is 0 Å². The predicted molar refractivity (Wildman–Crippen MR) is 71.6 cm³/mol. The fourth-order valence-corrected chi connectivity index (χ4v) is 2.74. The molecule has 1 amide bonds. The predicted octanol–water partition coefficient (Wildman–Crippen LogP) is 1.95. The topological polar surface area (TPSA) is 58.6 Å². The molecule has 0 saturated carbocycles. The Morgan fingerprint density at radius 2 is 2.41 bits per heavy atom. The van der Waals surface area contributed by atoms with Crippen LogP contribution < -0.4 is 5.32 Å². The van der Waals surface area contributed by atoms with Gasteiger partial charge < -0.3 is 15.2 Å². The van der Waals surface area contributed by atoms with Gasteiger partial charge in [0.05, 0.1) is 21.4 Å². The van der Waals surface area contributed by atoms with Gasteiger partial charge in [-0.1, -0.05) is 0 Å². The quantitative estimate of drug-likeness (QED) is 0.842. The average molecular weight is 322 g/mol. The third kappa shape index (κ3) is 4.75. The first kappa shape index (κ1) is 14.6. The lowest BCUT2D eigenvalue weighted by molar-refractivity contribution is 0.0588. The van der Waals surface area contributed by atoms with Crippen LogP contribution >= 0.6 is 27.3 Å². The first-order valence-corrected chi connectivity index (χ1v) is 6.86. The maximum atomic E-state index is 11.7. The fourth-order valence-electron chi connectivity index (χ4n) is 1.29. The minimum atomic E-state index is -0.530. The van der Waals surface area contributed by atoms with Crippen LogP contribution in [0.2, 0.25) is 0 Å². The van der Waals surface area contributed by atoms with Crippen LogP contribution in [0.15, 0.2) is 9.85 Å². The van der Waals surface area contributed by atoms with Crippen LogP contribution in [0.25, 0.3) is 0 Å². The van der Waals surface area contributed by atoms with E-state index in [0.717, 1.165) is 9.35 Å². The number of amides is 1. The van der Waals surface area contributed by atoms with E-state index in [2.05, 4.69) is 21.2 Å². The molecule has 1 aromatic heterocycles. The van der Waals surface area contributed by atoms with Crippen LogP contribution in [0, 0.1) is 6.92 Å². The number of ether oxygens (including phenoxy) is 1. The van der Waals surface area contributed by atoms with Crippen molar-refractivity contribution in [3.8, 4) is 0 Å². The van der Waals surface area contributed by atoms with Crippen LogP contribution in [0.3, 0.4) is 0 Å². The summed E-state index contributed by atoms with van der Waals surface area (Å²) >= 11 is 4.79. The Balaban J connectivity index is 2.35. The molecule has 1 heterocycles. The lowest BCUT2D eigenvalue weighted by atomic mass is 10.2. The summed E-state index contributed by atoms with van der Waals surface area (Å²) in [5.74, 6) is -0.103. The Kier molecular flexibility index (Phi) is 6.11. The fraction of sp³-hybridized carbons (Fsp3) is 0.545. The van der Waals surface area contributed by atoms with Gasteiger partial charge in [0.2, 0.25) is 0 Å². The van der Waals surface area contributed by atoms with Crippen molar-refractivity contribution >= 4 is 33.2 Å². The number of hydrogen-bond acceptors (Lipinski definition) is 4. The molecule has 17 heavy (non-hydrogen) atoms. The summed E-state index contributed by atoms with van der Waals surface area (Å²) in [4.78, 5) is 12.4. The number of methoxy groups -OCH3 is 1. The number of aryl methyl sites for hydroxylation is 1. The van der Waals surface area contributed by atoms with Gasteiger partial charge in [-0.3, -0.25) is 4.79 Å². The maximum absolute atomic E-state index is 11.7. The van der Waals surface area contributed by atoms with Crippen molar-refractivity contribution < 1.29 is 14.6 Å². The minimum absolute atomic E-state index is 0.103. The van der Waals surface area contributed by atoms with Crippen molar-refractivity contribution in [2.45, 2.75) is 19.4 Å². The molecule has 1 atom stereocenters. The standard InChI is InChI=1S/C11H16BrNO3S/c1-7-5-9(17-10(7)12)11(15)13-4-3-8(14)6-16-2/h5,8,14H,3-4,6H2,1-2H3,(H,13,15). The smallest absolute Gasteiger partial charge is 0.261 e. The van der Waals surface area contributed by atoms with Gasteiger partial charge in [-0.25, -0.2) is 0 Å². The van der Waals surface area contributed by atoms with Crippen LogP contribution in [-0.2, 0) is 4.74 Å². The van der Waals surface area contributed by atoms with E-state index >= 15 is 0 Å². The van der Waals surface area contributed by atoms with Crippen molar-refractivity contribution in [1.82, 2.24) is 5.32 Å². The number of aliphatic hydroxyl groups is 1. The Morgan fingerprint density at radius 1 is 1.71 bits per heavy atom. The monoisotopic (exact) mass is 321 g/mol. The molecule has 0 aliphatic rings. The summed E-state index contributed by atoms with van der Waals surface area (Å²) in [7, 11) is 1.54. The molecule has 0 saturated heterocycles. The zero-order chi connectivity index (χ0) is 12.8. The minimum Gasteiger partial charge on any atom is -0.391 e. The van der Waals surface area contributed by atoms with E-state index in [-0.39, 0.29) is 5.91 Å². The molecule has 0 aliphatic carbocycles. The summed E-state index contributed by atoms with van der Waals surface area (Å²) in [6, 6.07) is 1.84. The lowest BCUT2D eigenvalue weighted by Gasteiger charge is -2.09. The highest BCUT2D eigenvalue weighted by Gasteiger charge is 2.11. The Morgan fingerprint density at radius 3 is 2.94 bits per heavy atom. The zero-order valence-electron chi connectivity index (χ0n) is 9.83. The van der Waals surface area contributed by atoms with Gasteiger partial charge in [0.15, 0.2) is 0 Å². The Bertz CT molecular complexity index is 361. The molecule has 6 heteroatoms. The molecule has 0 spiro atoms. The van der Waals surface area contributed by atoms with E-state index in [1.807, 2.05) is 13.0 Å². The van der Waals surface area contributed by atoms with Crippen molar-refractivity contribution in [2.24, 2.45) is 0 Å². The molecular weight excluding hydrogens is 306 g/mol. The van der Waals surface area contributed by atoms with Gasteiger partial charge in [-0.05, 0) is 40.9 Å². The Labute approximate surface area is 113 Å². The van der Waals surface area contributed by atoms with Gasteiger partial charge in [0.1, 0.15) is 0 Å². The highest BCUT2D eigenvalue weighted by molar-refractivity contribution is 9.11. The summed E-state index contributed by atoms with van der Waals surface area (Å²) in [5, 5.41) is 12.2. The van der Waals surface area contributed by atoms with Crippen LogP contribution in [0.5, 0.6) is 0 Å². The molecule has 1 aromatic rings. The SMILES string of the molecule is COCC(O)CCNC(=O)c1cc(C)c(Br)s1. The molecule has 1 rings (SSSR count). The number of carbonyl (C=O) groups excluding carboxylic acids is 1. The average Bonchev–Trinajstić information content (AvgIpc) is 2.59. The zero-order valence-corrected chi connectivity index (χ0v) is 12.2. The van der Waals surface area contributed by atoms with Gasteiger partial charge in [0, 0.05) is 13.7 Å². The normalized spacial score (nSPS) is 12.5. The van der Waals surface area contributed by atoms with Crippen molar-refractivity contribution in [2.75, 3.05) is 20.3 Å². The number of aliphatic hydroxyl groups excluding tert-OH is 1. The number of halogens is 1. The second kappa shape index (κ2) is 7.10. The largest absolute Gasteiger partial charge is 0.391 e. The summed E-state index contributed by atoms with van der Waals surface area (Å²) < 4.78 is 5.77. The van der Waals surface area contributed by atoms with E-state index in [9.17, 15) is 9.90 Å². The van der Waals surface area contributed by atoms with Crippen LogP contribution in [-0.4, -0.2) is 37.4 Å². The van der Waals surface area contributed by atoms with Gasteiger partial charge in [0.25, 0.3) is 5.91 Å². The van der Waals surface area contributed by atoms with Gasteiger partial charge in [-0.2, -0.15) is 0 Å². The molecule has 0 bridgehead atoms. The van der Waals surface area contributed by atoms with E-state index in [4.69, 9.17) is 4.74 Å². The third-order valence-corrected chi connectivity index (χ3v) is 4.34. The lowest BCUT2D eigenvalue weighted by Crippen LogP contribution is -2.27. The molecule has 0 aliphatic heterocycles. The van der Waals surface area contributed by atoms with E-state index in [0.29, 0.717) is 24.4 Å².